The third-order valence-electron chi connectivity index (χ3n) is 6.23. The molecule has 1 heterocycles. The standard InChI is InChI=1S/C25H32N4O3/c1-18-7-5-6-8-21(18)29(16-19-9-11-22(31-3)23(13-19)32-4)25(30)17-28(2)24-12-10-20(14-26)15-27-24/h9-13,15,18,21H,5-8,16-17H2,1-4H3/t18-,21-/m0/s1. The zero-order valence-corrected chi connectivity index (χ0v) is 19.4. The fourth-order valence-electron chi connectivity index (χ4n) is 4.38. The third kappa shape index (κ3) is 5.50. The zero-order valence-electron chi connectivity index (χ0n) is 19.4. The van der Waals surface area contributed by atoms with Gasteiger partial charge >= 0.3 is 0 Å². The van der Waals surface area contributed by atoms with Crippen LogP contribution < -0.4 is 14.4 Å². The van der Waals surface area contributed by atoms with E-state index in [1.54, 1.807) is 26.4 Å². The SMILES string of the molecule is COc1ccc(CN(C(=O)CN(C)c2ccc(C#N)cn2)[C@H]2CCCC[C@@H]2C)cc1OC. The summed E-state index contributed by atoms with van der Waals surface area (Å²) in [6, 6.07) is 11.6. The lowest BCUT2D eigenvalue weighted by molar-refractivity contribution is -0.134. The highest BCUT2D eigenvalue weighted by Gasteiger charge is 2.31. The van der Waals surface area contributed by atoms with E-state index in [0.29, 0.717) is 35.3 Å². The Balaban J connectivity index is 1.81. The van der Waals surface area contributed by atoms with E-state index >= 15 is 0 Å². The highest BCUT2D eigenvalue weighted by Crippen LogP contribution is 2.32. The summed E-state index contributed by atoms with van der Waals surface area (Å²) in [5, 5.41) is 8.98. The minimum absolute atomic E-state index is 0.0622. The first-order valence-corrected chi connectivity index (χ1v) is 11.0. The van der Waals surface area contributed by atoms with Crippen LogP contribution in [0.4, 0.5) is 5.82 Å². The lowest BCUT2D eigenvalue weighted by atomic mass is 9.84. The first-order chi connectivity index (χ1) is 15.5. The van der Waals surface area contributed by atoms with E-state index in [0.717, 1.165) is 24.8 Å². The van der Waals surface area contributed by atoms with Gasteiger partial charge in [0, 0.05) is 25.8 Å². The van der Waals surface area contributed by atoms with Gasteiger partial charge in [0.2, 0.25) is 5.91 Å². The Morgan fingerprint density at radius 1 is 1.16 bits per heavy atom. The van der Waals surface area contributed by atoms with E-state index in [-0.39, 0.29) is 18.5 Å². The summed E-state index contributed by atoms with van der Waals surface area (Å²) in [6.45, 7) is 2.98. The number of nitrogens with zero attached hydrogens (tertiary/aromatic N) is 4. The highest BCUT2D eigenvalue weighted by atomic mass is 16.5. The van der Waals surface area contributed by atoms with Crippen molar-refractivity contribution in [2.45, 2.75) is 45.2 Å². The molecule has 0 spiro atoms. The van der Waals surface area contributed by atoms with Crippen molar-refractivity contribution in [3.05, 3.63) is 47.7 Å². The number of carbonyl (C=O) groups is 1. The Hall–Kier alpha value is -3.27. The molecular weight excluding hydrogens is 404 g/mol. The van der Waals surface area contributed by atoms with Crippen molar-refractivity contribution in [3.63, 3.8) is 0 Å². The molecule has 0 bridgehead atoms. The molecule has 1 aromatic carbocycles. The van der Waals surface area contributed by atoms with Gasteiger partial charge in [-0.05, 0) is 48.6 Å². The van der Waals surface area contributed by atoms with Crippen molar-refractivity contribution in [3.8, 4) is 17.6 Å². The maximum atomic E-state index is 13.5. The largest absolute Gasteiger partial charge is 0.493 e. The first kappa shape index (κ1) is 23.4. The molecule has 0 unspecified atom stereocenters. The Morgan fingerprint density at radius 3 is 2.53 bits per heavy atom. The predicted octanol–water partition coefficient (Wildman–Crippen LogP) is 4.01. The molecule has 1 amide bonds. The van der Waals surface area contributed by atoms with Crippen LogP contribution in [-0.2, 0) is 11.3 Å². The number of anilines is 1. The molecule has 2 atom stereocenters. The molecule has 7 heteroatoms. The van der Waals surface area contributed by atoms with Crippen LogP contribution in [0.25, 0.3) is 0 Å². The lowest BCUT2D eigenvalue weighted by Gasteiger charge is -2.39. The summed E-state index contributed by atoms with van der Waals surface area (Å²) in [7, 11) is 5.09. The Bertz CT molecular complexity index is 955. The number of benzene rings is 1. The van der Waals surface area contributed by atoms with E-state index in [1.165, 1.54) is 12.6 Å². The van der Waals surface area contributed by atoms with E-state index < -0.39 is 0 Å². The first-order valence-electron chi connectivity index (χ1n) is 11.0. The van der Waals surface area contributed by atoms with Gasteiger partial charge in [0.05, 0.1) is 26.3 Å². The van der Waals surface area contributed by atoms with Gasteiger partial charge in [-0.25, -0.2) is 4.98 Å². The van der Waals surface area contributed by atoms with Gasteiger partial charge in [0.1, 0.15) is 11.9 Å². The number of nitriles is 1. The fourth-order valence-corrected chi connectivity index (χ4v) is 4.38. The molecular formula is C25H32N4O3. The van der Waals surface area contributed by atoms with Gasteiger partial charge in [0.15, 0.2) is 11.5 Å². The van der Waals surface area contributed by atoms with Crippen LogP contribution >= 0.6 is 0 Å². The molecule has 1 aliphatic carbocycles. The molecule has 3 rings (SSSR count). The lowest BCUT2D eigenvalue weighted by Crippen LogP contribution is -2.48. The number of aromatic nitrogens is 1. The fraction of sp³-hybridized carbons (Fsp3) is 0.480. The van der Waals surface area contributed by atoms with E-state index in [2.05, 4.69) is 18.0 Å². The van der Waals surface area contributed by atoms with Crippen molar-refractivity contribution in [1.29, 1.82) is 5.26 Å². The number of hydrogen-bond donors (Lipinski definition) is 0. The molecule has 0 saturated heterocycles. The van der Waals surface area contributed by atoms with E-state index in [4.69, 9.17) is 14.7 Å². The molecule has 170 valence electrons. The zero-order chi connectivity index (χ0) is 23.1. The maximum Gasteiger partial charge on any atom is 0.242 e. The van der Waals surface area contributed by atoms with Crippen molar-refractivity contribution >= 4 is 11.7 Å². The Kier molecular flexibility index (Phi) is 7.93. The summed E-state index contributed by atoms with van der Waals surface area (Å²) < 4.78 is 10.8. The van der Waals surface area contributed by atoms with Crippen LogP contribution in [0.3, 0.4) is 0 Å². The predicted molar refractivity (Wildman–Crippen MR) is 124 cm³/mol. The summed E-state index contributed by atoms with van der Waals surface area (Å²) in [4.78, 5) is 21.7. The summed E-state index contributed by atoms with van der Waals surface area (Å²) in [5.74, 6) is 2.51. The highest BCUT2D eigenvalue weighted by molar-refractivity contribution is 5.81. The van der Waals surface area contributed by atoms with Crippen LogP contribution in [-0.4, -0.2) is 49.6 Å². The number of likely N-dealkylation sites (N-methyl/N-ethyl adjacent to an activating group) is 1. The number of hydrogen-bond acceptors (Lipinski definition) is 6. The number of pyridine rings is 1. The molecule has 32 heavy (non-hydrogen) atoms. The van der Waals surface area contributed by atoms with Gasteiger partial charge in [0.25, 0.3) is 0 Å². The molecule has 0 radical (unpaired) electrons. The second-order valence-corrected chi connectivity index (χ2v) is 8.41. The topological polar surface area (TPSA) is 78.7 Å². The molecule has 2 aromatic rings. The maximum absolute atomic E-state index is 13.5. The summed E-state index contributed by atoms with van der Waals surface area (Å²) in [5.41, 5.74) is 1.51. The van der Waals surface area contributed by atoms with Gasteiger partial charge in [-0.3, -0.25) is 4.79 Å². The van der Waals surface area contributed by atoms with E-state index in [1.807, 2.05) is 35.0 Å². The summed E-state index contributed by atoms with van der Waals surface area (Å²) >= 11 is 0. The second-order valence-electron chi connectivity index (χ2n) is 8.41. The smallest absolute Gasteiger partial charge is 0.242 e. The number of ether oxygens (including phenoxy) is 2. The minimum atomic E-state index is 0.0622. The van der Waals surface area contributed by atoms with Crippen molar-refractivity contribution < 1.29 is 14.3 Å². The molecule has 1 aromatic heterocycles. The summed E-state index contributed by atoms with van der Waals surface area (Å²) in [6.07, 6.45) is 6.02. The molecule has 1 aliphatic rings. The monoisotopic (exact) mass is 436 g/mol. The quantitative estimate of drug-likeness (QED) is 0.622. The van der Waals surface area contributed by atoms with Crippen molar-refractivity contribution in [1.82, 2.24) is 9.88 Å². The average Bonchev–Trinajstić information content (AvgIpc) is 2.82. The normalized spacial score (nSPS) is 17.8. The molecule has 0 aliphatic heterocycles. The average molecular weight is 437 g/mol. The molecule has 1 saturated carbocycles. The van der Waals surface area contributed by atoms with Gasteiger partial charge in [-0.15, -0.1) is 0 Å². The number of methoxy groups -OCH3 is 2. The van der Waals surface area contributed by atoms with Crippen molar-refractivity contribution in [2.24, 2.45) is 5.92 Å². The van der Waals surface area contributed by atoms with Gasteiger partial charge in [-0.2, -0.15) is 5.26 Å². The second kappa shape index (κ2) is 10.9. The number of amides is 1. The van der Waals surface area contributed by atoms with Crippen LogP contribution in [0.2, 0.25) is 0 Å². The number of rotatable bonds is 8. The van der Waals surface area contributed by atoms with Gasteiger partial charge < -0.3 is 19.3 Å². The minimum Gasteiger partial charge on any atom is -0.493 e. The Labute approximate surface area is 190 Å². The van der Waals surface area contributed by atoms with Gasteiger partial charge in [-0.1, -0.05) is 25.8 Å². The third-order valence-corrected chi connectivity index (χ3v) is 6.23. The number of carbonyl (C=O) groups excluding carboxylic acids is 1. The van der Waals surface area contributed by atoms with Crippen molar-refractivity contribution in [2.75, 3.05) is 32.7 Å². The molecule has 0 N–H and O–H groups in total. The van der Waals surface area contributed by atoms with Crippen LogP contribution in [0.5, 0.6) is 11.5 Å². The molecule has 1 fully saturated rings. The molecule has 7 nitrogen and oxygen atoms in total. The van der Waals surface area contributed by atoms with Crippen LogP contribution in [0.15, 0.2) is 36.5 Å². The Morgan fingerprint density at radius 2 is 1.91 bits per heavy atom. The van der Waals surface area contributed by atoms with Crippen LogP contribution in [0.1, 0.15) is 43.7 Å². The van der Waals surface area contributed by atoms with Crippen LogP contribution in [0, 0.1) is 17.2 Å². The van der Waals surface area contributed by atoms with E-state index in [9.17, 15) is 4.79 Å².